The summed E-state index contributed by atoms with van der Waals surface area (Å²) in [5.41, 5.74) is 0.460. The molecule has 2 aromatic rings. The average molecular weight is 324 g/mol. The highest BCUT2D eigenvalue weighted by Crippen LogP contribution is 2.26. The predicted octanol–water partition coefficient (Wildman–Crippen LogP) is -0.160. The number of nitrogens with one attached hydrogen (secondary N) is 2. The zero-order valence-corrected chi connectivity index (χ0v) is 12.9. The second kappa shape index (κ2) is 6.91. The van der Waals surface area contributed by atoms with Gasteiger partial charge in [0.1, 0.15) is 11.9 Å². The summed E-state index contributed by atoms with van der Waals surface area (Å²) in [5.74, 6) is 3.24. The van der Waals surface area contributed by atoms with Gasteiger partial charge in [0.25, 0.3) is 5.91 Å². The number of amides is 2. The van der Waals surface area contributed by atoms with Crippen molar-refractivity contribution in [3.05, 3.63) is 41.7 Å². The van der Waals surface area contributed by atoms with Crippen LogP contribution in [0.15, 0.2) is 24.5 Å². The summed E-state index contributed by atoms with van der Waals surface area (Å²) in [4.78, 5) is 28.2. The summed E-state index contributed by atoms with van der Waals surface area (Å²) < 4.78 is 1.77. The number of carbonyl (C=O) groups is 2. The molecular weight excluding hydrogens is 308 g/mol. The number of aromatic nitrogens is 4. The summed E-state index contributed by atoms with van der Waals surface area (Å²) in [7, 11) is 0. The molecule has 0 bridgehead atoms. The van der Waals surface area contributed by atoms with Crippen molar-refractivity contribution in [2.45, 2.75) is 25.4 Å². The van der Waals surface area contributed by atoms with Crippen LogP contribution in [0.5, 0.6) is 0 Å². The Morgan fingerprint density at radius 3 is 3.00 bits per heavy atom. The first-order chi connectivity index (χ1) is 11.7. The molecule has 0 radical (unpaired) electrons. The van der Waals surface area contributed by atoms with Crippen LogP contribution in [0.2, 0.25) is 0 Å². The highest BCUT2D eigenvalue weighted by molar-refractivity contribution is 5.93. The Labute approximate surface area is 138 Å². The molecule has 1 unspecified atom stereocenters. The maximum absolute atomic E-state index is 12.2. The number of nitrogens with zero attached hydrogens (tertiary/aromatic N) is 4. The van der Waals surface area contributed by atoms with Crippen molar-refractivity contribution >= 4 is 11.8 Å². The standard InChI is InChI=1S/C16H16N6O2/c1-2-7-18-16(24)12-5-6-13-20-21-14(22(12)13)10-19-15(23)11-4-3-8-17-9-11/h1,3-4,8-9,12H,5-7,10H2,(H,18,24)(H,19,23). The zero-order valence-electron chi connectivity index (χ0n) is 12.9. The van der Waals surface area contributed by atoms with Gasteiger partial charge in [0.2, 0.25) is 5.91 Å². The lowest BCUT2D eigenvalue weighted by molar-refractivity contribution is -0.123. The lowest BCUT2D eigenvalue weighted by Crippen LogP contribution is -2.33. The Hall–Kier alpha value is -3.21. The summed E-state index contributed by atoms with van der Waals surface area (Å²) in [6, 6.07) is 2.97. The van der Waals surface area contributed by atoms with Crippen LogP contribution < -0.4 is 10.6 Å². The van der Waals surface area contributed by atoms with Crippen molar-refractivity contribution in [1.82, 2.24) is 30.4 Å². The minimum absolute atomic E-state index is 0.161. The number of hydrogen-bond acceptors (Lipinski definition) is 5. The molecule has 8 heteroatoms. The maximum Gasteiger partial charge on any atom is 0.253 e. The van der Waals surface area contributed by atoms with Crippen LogP contribution in [0.1, 0.15) is 34.5 Å². The number of terminal acetylenes is 1. The molecule has 8 nitrogen and oxygen atoms in total. The molecule has 0 spiro atoms. The summed E-state index contributed by atoms with van der Waals surface area (Å²) in [6.07, 6.45) is 9.56. The van der Waals surface area contributed by atoms with E-state index in [1.807, 2.05) is 0 Å². The van der Waals surface area contributed by atoms with Crippen molar-refractivity contribution < 1.29 is 9.59 Å². The van der Waals surface area contributed by atoms with Crippen molar-refractivity contribution in [1.29, 1.82) is 0 Å². The van der Waals surface area contributed by atoms with Gasteiger partial charge in [-0.3, -0.25) is 14.6 Å². The molecule has 1 aliphatic heterocycles. The fourth-order valence-electron chi connectivity index (χ4n) is 2.67. The molecule has 2 N–H and O–H groups in total. The van der Waals surface area contributed by atoms with Crippen LogP contribution in [-0.4, -0.2) is 38.1 Å². The second-order valence-corrected chi connectivity index (χ2v) is 5.30. The Morgan fingerprint density at radius 2 is 2.25 bits per heavy atom. The van der Waals surface area contributed by atoms with Crippen LogP contribution in [0, 0.1) is 12.3 Å². The fourth-order valence-corrected chi connectivity index (χ4v) is 2.67. The third-order valence-corrected chi connectivity index (χ3v) is 3.79. The van der Waals surface area contributed by atoms with E-state index in [1.165, 1.54) is 6.20 Å². The van der Waals surface area contributed by atoms with E-state index in [1.54, 1.807) is 22.9 Å². The van der Waals surface area contributed by atoms with Crippen LogP contribution in [0.3, 0.4) is 0 Å². The van der Waals surface area contributed by atoms with Crippen molar-refractivity contribution in [3.8, 4) is 12.3 Å². The molecule has 0 aromatic carbocycles. The minimum Gasteiger partial charge on any atom is -0.345 e. The average Bonchev–Trinajstić information content (AvgIpc) is 3.20. The topological polar surface area (TPSA) is 102 Å². The third kappa shape index (κ3) is 3.10. The normalized spacial score (nSPS) is 15.4. The van der Waals surface area contributed by atoms with E-state index in [4.69, 9.17) is 6.42 Å². The number of aryl methyl sites for hydroxylation is 1. The summed E-state index contributed by atoms with van der Waals surface area (Å²) in [5, 5.41) is 13.6. The molecule has 0 fully saturated rings. The monoisotopic (exact) mass is 324 g/mol. The van der Waals surface area contributed by atoms with Crippen molar-refractivity contribution in [2.75, 3.05) is 6.54 Å². The molecule has 1 aliphatic rings. The number of fused-ring (bicyclic) bond motifs is 1. The van der Waals surface area contributed by atoms with Gasteiger partial charge in [-0.2, -0.15) is 0 Å². The van der Waals surface area contributed by atoms with Crippen molar-refractivity contribution in [3.63, 3.8) is 0 Å². The van der Waals surface area contributed by atoms with Crippen LogP contribution in [0.4, 0.5) is 0 Å². The molecular formula is C16H16N6O2. The van der Waals surface area contributed by atoms with E-state index in [2.05, 4.69) is 31.7 Å². The number of carbonyl (C=O) groups excluding carboxylic acids is 2. The Morgan fingerprint density at radius 1 is 1.38 bits per heavy atom. The van der Waals surface area contributed by atoms with Gasteiger partial charge in [0.15, 0.2) is 5.82 Å². The molecule has 2 aromatic heterocycles. The molecule has 0 saturated heterocycles. The molecule has 24 heavy (non-hydrogen) atoms. The molecule has 0 aliphatic carbocycles. The smallest absolute Gasteiger partial charge is 0.253 e. The molecule has 3 heterocycles. The highest BCUT2D eigenvalue weighted by Gasteiger charge is 2.32. The molecule has 2 amide bonds. The Kier molecular flexibility index (Phi) is 4.52. The Bertz CT molecular complexity index is 793. The SMILES string of the molecule is C#CCNC(=O)C1CCc2nnc(CNC(=O)c3cccnc3)n21. The summed E-state index contributed by atoms with van der Waals surface area (Å²) >= 11 is 0. The molecule has 1 atom stereocenters. The predicted molar refractivity (Wildman–Crippen MR) is 84.6 cm³/mol. The van der Waals surface area contributed by atoms with Gasteiger partial charge in [0.05, 0.1) is 18.7 Å². The van der Waals surface area contributed by atoms with E-state index in [-0.39, 0.29) is 24.9 Å². The largest absolute Gasteiger partial charge is 0.345 e. The minimum atomic E-state index is -0.395. The lowest BCUT2D eigenvalue weighted by atomic mass is 10.2. The van der Waals surface area contributed by atoms with Gasteiger partial charge in [0, 0.05) is 18.8 Å². The Balaban J connectivity index is 1.69. The molecule has 3 rings (SSSR count). The van der Waals surface area contributed by atoms with Gasteiger partial charge in [-0.1, -0.05) is 5.92 Å². The van der Waals surface area contributed by atoms with E-state index in [0.29, 0.717) is 24.2 Å². The van der Waals surface area contributed by atoms with Gasteiger partial charge >= 0.3 is 0 Å². The van der Waals surface area contributed by atoms with Crippen LogP contribution in [-0.2, 0) is 17.8 Å². The van der Waals surface area contributed by atoms with E-state index >= 15 is 0 Å². The molecule has 122 valence electrons. The first-order valence-electron chi connectivity index (χ1n) is 7.52. The van der Waals surface area contributed by atoms with E-state index in [0.717, 1.165) is 5.82 Å². The maximum atomic E-state index is 12.2. The second-order valence-electron chi connectivity index (χ2n) is 5.30. The van der Waals surface area contributed by atoms with E-state index in [9.17, 15) is 9.59 Å². The highest BCUT2D eigenvalue weighted by atomic mass is 16.2. The van der Waals surface area contributed by atoms with Crippen LogP contribution >= 0.6 is 0 Å². The first-order valence-corrected chi connectivity index (χ1v) is 7.52. The van der Waals surface area contributed by atoms with Crippen LogP contribution in [0.25, 0.3) is 0 Å². The zero-order chi connectivity index (χ0) is 16.9. The summed E-state index contributed by atoms with van der Waals surface area (Å²) in [6.45, 7) is 0.361. The molecule has 0 saturated carbocycles. The fraction of sp³-hybridized carbons (Fsp3) is 0.312. The third-order valence-electron chi connectivity index (χ3n) is 3.79. The number of rotatable bonds is 5. The van der Waals surface area contributed by atoms with Gasteiger partial charge in [-0.15, -0.1) is 16.6 Å². The number of hydrogen-bond donors (Lipinski definition) is 2. The number of pyridine rings is 1. The van der Waals surface area contributed by atoms with Gasteiger partial charge in [-0.25, -0.2) is 0 Å². The van der Waals surface area contributed by atoms with E-state index < -0.39 is 6.04 Å². The van der Waals surface area contributed by atoms with Gasteiger partial charge in [-0.05, 0) is 18.6 Å². The quantitative estimate of drug-likeness (QED) is 0.744. The van der Waals surface area contributed by atoms with Crippen molar-refractivity contribution in [2.24, 2.45) is 0 Å². The lowest BCUT2D eigenvalue weighted by Gasteiger charge is -2.14. The van der Waals surface area contributed by atoms with Gasteiger partial charge < -0.3 is 15.2 Å². The first kappa shape index (κ1) is 15.7.